The molecule has 4 aromatic rings. The second-order valence-corrected chi connectivity index (χ2v) is 8.08. The molecule has 0 saturated heterocycles. The third kappa shape index (κ3) is 4.64. The number of halogens is 1. The Morgan fingerprint density at radius 3 is 2.58 bits per heavy atom. The van der Waals surface area contributed by atoms with Gasteiger partial charge in [0.25, 0.3) is 5.91 Å². The van der Waals surface area contributed by atoms with Gasteiger partial charge < -0.3 is 10.1 Å². The second kappa shape index (κ2) is 8.90. The monoisotopic (exact) mass is 446 g/mol. The van der Waals surface area contributed by atoms with Gasteiger partial charge in [-0.1, -0.05) is 30.3 Å². The fourth-order valence-corrected chi connectivity index (χ4v) is 3.78. The Hall–Kier alpha value is -3.94. The molecular weight excluding hydrogens is 423 g/mol. The summed E-state index contributed by atoms with van der Waals surface area (Å²) in [5.74, 6) is 0.518. The number of ether oxygens (including phenoxy) is 1. The van der Waals surface area contributed by atoms with E-state index >= 15 is 0 Å². The Balaban J connectivity index is 1.19. The Morgan fingerprint density at radius 2 is 1.82 bits per heavy atom. The molecule has 0 radical (unpaired) electrons. The van der Waals surface area contributed by atoms with Gasteiger partial charge in [0.15, 0.2) is 12.4 Å². The average Bonchev–Trinajstić information content (AvgIpc) is 3.62. The molecule has 0 aliphatic heterocycles. The standard InChI is InChI=1S/C25H23FN4O3/c26-20-8-5-18(6-9-20)24-28-29(25(32)30(24)21-10-11-21)14-13-27-23(31)16-33-22-12-7-17-3-1-2-4-19(17)15-22/h1-9,12,15,21H,10-11,13-14,16H2,(H,27,31). The minimum Gasteiger partial charge on any atom is -0.484 e. The zero-order valence-electron chi connectivity index (χ0n) is 17.9. The molecule has 1 saturated carbocycles. The molecule has 0 unspecified atom stereocenters. The molecule has 1 amide bonds. The lowest BCUT2D eigenvalue weighted by molar-refractivity contribution is -0.123. The Kier molecular flexibility index (Phi) is 5.64. The van der Waals surface area contributed by atoms with E-state index in [0.29, 0.717) is 17.1 Å². The lowest BCUT2D eigenvalue weighted by Gasteiger charge is -2.08. The first-order valence-electron chi connectivity index (χ1n) is 10.9. The first-order valence-corrected chi connectivity index (χ1v) is 10.9. The van der Waals surface area contributed by atoms with Crippen molar-refractivity contribution in [3.05, 3.63) is 83.0 Å². The van der Waals surface area contributed by atoms with Gasteiger partial charge in [-0.2, -0.15) is 0 Å². The number of nitrogens with one attached hydrogen (secondary N) is 1. The fraction of sp³-hybridized carbons (Fsp3) is 0.240. The molecule has 1 N–H and O–H groups in total. The normalized spacial score (nSPS) is 13.2. The van der Waals surface area contributed by atoms with Crippen LogP contribution in [0.2, 0.25) is 0 Å². The first kappa shape index (κ1) is 20.9. The van der Waals surface area contributed by atoms with Crippen molar-refractivity contribution in [2.45, 2.75) is 25.4 Å². The summed E-state index contributed by atoms with van der Waals surface area (Å²) in [5.41, 5.74) is 0.463. The van der Waals surface area contributed by atoms with E-state index in [1.54, 1.807) is 16.7 Å². The number of aromatic nitrogens is 3. The van der Waals surface area contributed by atoms with Gasteiger partial charge in [0.2, 0.25) is 0 Å². The highest BCUT2D eigenvalue weighted by atomic mass is 19.1. The summed E-state index contributed by atoms with van der Waals surface area (Å²) < 4.78 is 21.9. The van der Waals surface area contributed by atoms with Crippen LogP contribution in [0.15, 0.2) is 71.5 Å². The van der Waals surface area contributed by atoms with Crippen molar-refractivity contribution >= 4 is 16.7 Å². The van der Waals surface area contributed by atoms with E-state index in [1.807, 2.05) is 42.5 Å². The summed E-state index contributed by atoms with van der Waals surface area (Å²) in [5, 5.41) is 9.36. The van der Waals surface area contributed by atoms with E-state index in [4.69, 9.17) is 4.74 Å². The summed E-state index contributed by atoms with van der Waals surface area (Å²) in [6.45, 7) is 0.351. The lowest BCUT2D eigenvalue weighted by atomic mass is 10.1. The third-order valence-electron chi connectivity index (χ3n) is 5.62. The van der Waals surface area contributed by atoms with Gasteiger partial charge in [0.05, 0.1) is 6.54 Å². The Labute approximate surface area is 189 Å². The predicted molar refractivity (Wildman–Crippen MR) is 123 cm³/mol. The van der Waals surface area contributed by atoms with Crippen LogP contribution in [-0.4, -0.2) is 33.4 Å². The van der Waals surface area contributed by atoms with Crippen molar-refractivity contribution in [1.82, 2.24) is 19.7 Å². The largest absolute Gasteiger partial charge is 0.484 e. The smallest absolute Gasteiger partial charge is 0.346 e. The molecule has 3 aromatic carbocycles. The van der Waals surface area contributed by atoms with Crippen LogP contribution in [0, 0.1) is 5.82 Å². The summed E-state index contributed by atoms with van der Waals surface area (Å²) >= 11 is 0. The maximum atomic E-state index is 13.3. The molecule has 1 aromatic heterocycles. The Morgan fingerprint density at radius 1 is 1.06 bits per heavy atom. The second-order valence-electron chi connectivity index (χ2n) is 8.08. The van der Waals surface area contributed by atoms with Crippen LogP contribution >= 0.6 is 0 Å². The summed E-state index contributed by atoms with van der Waals surface area (Å²) in [6.07, 6.45) is 1.84. The molecule has 33 heavy (non-hydrogen) atoms. The lowest BCUT2D eigenvalue weighted by Crippen LogP contribution is -2.34. The molecule has 5 rings (SSSR count). The van der Waals surface area contributed by atoms with Gasteiger partial charge >= 0.3 is 5.69 Å². The molecule has 1 fully saturated rings. The number of carbonyl (C=O) groups excluding carboxylic acids is 1. The molecular formula is C25H23FN4O3. The van der Waals surface area contributed by atoms with Crippen LogP contribution in [0.3, 0.4) is 0 Å². The van der Waals surface area contributed by atoms with Crippen LogP contribution in [-0.2, 0) is 11.3 Å². The fourth-order valence-electron chi connectivity index (χ4n) is 3.78. The zero-order valence-corrected chi connectivity index (χ0v) is 17.9. The first-order chi connectivity index (χ1) is 16.1. The number of hydrogen-bond acceptors (Lipinski definition) is 4. The molecule has 1 heterocycles. The van der Waals surface area contributed by atoms with Crippen LogP contribution < -0.4 is 15.7 Å². The highest BCUT2D eigenvalue weighted by Crippen LogP contribution is 2.36. The van der Waals surface area contributed by atoms with E-state index in [2.05, 4.69) is 10.4 Å². The third-order valence-corrected chi connectivity index (χ3v) is 5.62. The number of carbonyl (C=O) groups is 1. The van der Waals surface area contributed by atoms with E-state index < -0.39 is 0 Å². The molecule has 1 aliphatic rings. The molecule has 0 atom stereocenters. The van der Waals surface area contributed by atoms with Crippen molar-refractivity contribution in [3.63, 3.8) is 0 Å². The van der Waals surface area contributed by atoms with Crippen LogP contribution in [0.25, 0.3) is 22.2 Å². The van der Waals surface area contributed by atoms with Gasteiger partial charge in [0.1, 0.15) is 11.6 Å². The topological polar surface area (TPSA) is 78.2 Å². The molecule has 168 valence electrons. The summed E-state index contributed by atoms with van der Waals surface area (Å²) in [6, 6.07) is 19.7. The number of rotatable bonds is 8. The van der Waals surface area contributed by atoms with Gasteiger partial charge in [-0.05, 0) is 60.0 Å². The van der Waals surface area contributed by atoms with E-state index in [-0.39, 0.29) is 43.2 Å². The number of fused-ring (bicyclic) bond motifs is 1. The number of benzene rings is 3. The molecule has 1 aliphatic carbocycles. The zero-order chi connectivity index (χ0) is 22.8. The quantitative estimate of drug-likeness (QED) is 0.449. The molecule has 7 nitrogen and oxygen atoms in total. The highest BCUT2D eigenvalue weighted by molar-refractivity contribution is 5.84. The minimum absolute atomic E-state index is 0.120. The van der Waals surface area contributed by atoms with E-state index in [1.165, 1.54) is 16.8 Å². The Bertz CT molecular complexity index is 1360. The van der Waals surface area contributed by atoms with Crippen molar-refractivity contribution in [2.24, 2.45) is 0 Å². The molecule has 0 bridgehead atoms. The number of amides is 1. The maximum Gasteiger partial charge on any atom is 0.346 e. The number of hydrogen-bond donors (Lipinski definition) is 1. The average molecular weight is 446 g/mol. The van der Waals surface area contributed by atoms with Gasteiger partial charge in [-0.3, -0.25) is 9.36 Å². The van der Waals surface area contributed by atoms with Crippen LogP contribution in [0.1, 0.15) is 18.9 Å². The summed E-state index contributed by atoms with van der Waals surface area (Å²) in [4.78, 5) is 25.1. The minimum atomic E-state index is -0.341. The van der Waals surface area contributed by atoms with Gasteiger partial charge in [0, 0.05) is 18.2 Å². The predicted octanol–water partition coefficient (Wildman–Crippen LogP) is 3.53. The molecule has 8 heteroatoms. The SMILES string of the molecule is O=C(COc1ccc2ccccc2c1)NCCn1nc(-c2ccc(F)cc2)n(C2CC2)c1=O. The molecule has 0 spiro atoms. The van der Waals surface area contributed by atoms with Crippen LogP contribution in [0.4, 0.5) is 4.39 Å². The summed E-state index contributed by atoms with van der Waals surface area (Å²) in [7, 11) is 0. The van der Waals surface area contributed by atoms with E-state index in [9.17, 15) is 14.0 Å². The van der Waals surface area contributed by atoms with Crippen LogP contribution in [0.5, 0.6) is 5.75 Å². The van der Waals surface area contributed by atoms with E-state index in [0.717, 1.165) is 23.6 Å². The van der Waals surface area contributed by atoms with Crippen molar-refractivity contribution in [3.8, 4) is 17.1 Å². The van der Waals surface area contributed by atoms with Gasteiger partial charge in [-0.25, -0.2) is 13.9 Å². The maximum absolute atomic E-state index is 13.3. The highest BCUT2D eigenvalue weighted by Gasteiger charge is 2.30. The van der Waals surface area contributed by atoms with Crippen molar-refractivity contribution < 1.29 is 13.9 Å². The number of nitrogens with zero attached hydrogens (tertiary/aromatic N) is 3. The van der Waals surface area contributed by atoms with Crippen molar-refractivity contribution in [1.29, 1.82) is 0 Å². The van der Waals surface area contributed by atoms with Crippen molar-refractivity contribution in [2.75, 3.05) is 13.2 Å². The van der Waals surface area contributed by atoms with Gasteiger partial charge in [-0.15, -0.1) is 5.10 Å².